The average Bonchev–Trinajstić information content (AvgIpc) is 3.64. The second-order valence-electron chi connectivity index (χ2n) is 11.4. The minimum atomic E-state index is -4.70. The zero-order valence-corrected chi connectivity index (χ0v) is 23.2. The van der Waals surface area contributed by atoms with Crippen LogP contribution in [0.15, 0.2) is 42.5 Å². The molecule has 13 heteroatoms. The highest BCUT2D eigenvalue weighted by molar-refractivity contribution is 7.88. The Kier molecular flexibility index (Phi) is 7.42. The van der Waals surface area contributed by atoms with Crippen LogP contribution in [0.2, 0.25) is 0 Å². The number of rotatable bonds is 7. The molecule has 3 fully saturated rings. The first-order valence-corrected chi connectivity index (χ1v) is 15.1. The molecule has 2 amide bonds. The molecule has 0 spiro atoms. The maximum Gasteiger partial charge on any atom is 0.416 e. The van der Waals surface area contributed by atoms with Crippen molar-refractivity contribution in [3.05, 3.63) is 70.5 Å². The fourth-order valence-corrected chi connectivity index (χ4v) is 6.51. The van der Waals surface area contributed by atoms with Gasteiger partial charge in [0.15, 0.2) is 5.67 Å². The van der Waals surface area contributed by atoms with Crippen LogP contribution in [-0.4, -0.2) is 61.4 Å². The van der Waals surface area contributed by atoms with Crippen LogP contribution in [0.3, 0.4) is 0 Å². The van der Waals surface area contributed by atoms with Gasteiger partial charge in [0, 0.05) is 17.7 Å². The van der Waals surface area contributed by atoms with Gasteiger partial charge in [-0.15, -0.1) is 0 Å². The van der Waals surface area contributed by atoms with Gasteiger partial charge < -0.3 is 10.2 Å². The zero-order chi connectivity index (χ0) is 29.9. The third-order valence-corrected chi connectivity index (χ3v) is 9.27. The van der Waals surface area contributed by atoms with Gasteiger partial charge in [-0.2, -0.15) is 17.5 Å². The van der Waals surface area contributed by atoms with Crippen molar-refractivity contribution < 1.29 is 40.0 Å². The molecule has 41 heavy (non-hydrogen) atoms. The fourth-order valence-electron chi connectivity index (χ4n) is 5.63. The molecule has 0 bridgehead atoms. The molecule has 7 nitrogen and oxygen atoms in total. The number of hydrogen-bond acceptors (Lipinski definition) is 4. The molecule has 3 atom stereocenters. The van der Waals surface area contributed by atoms with Crippen LogP contribution in [0.5, 0.6) is 0 Å². The van der Waals surface area contributed by atoms with Crippen molar-refractivity contribution in [2.24, 2.45) is 11.8 Å². The van der Waals surface area contributed by atoms with E-state index in [1.165, 1.54) is 29.2 Å². The van der Waals surface area contributed by atoms with Gasteiger partial charge in [-0.1, -0.05) is 25.1 Å². The first-order valence-electron chi connectivity index (χ1n) is 13.3. The largest absolute Gasteiger partial charge is 0.416 e. The highest BCUT2D eigenvalue weighted by Gasteiger charge is 2.49. The summed E-state index contributed by atoms with van der Waals surface area (Å²) in [4.78, 5) is 28.4. The molecule has 5 rings (SSSR count). The Bertz CT molecular complexity index is 1470. The summed E-state index contributed by atoms with van der Waals surface area (Å²) in [7, 11) is -3.55. The Balaban J connectivity index is 1.34. The number of sulfonamides is 1. The molecule has 2 aromatic rings. The molecule has 2 aromatic carbocycles. The quantitative estimate of drug-likeness (QED) is 0.478. The highest BCUT2D eigenvalue weighted by Crippen LogP contribution is 2.43. The lowest BCUT2D eigenvalue weighted by Gasteiger charge is -2.43. The third kappa shape index (κ3) is 5.97. The van der Waals surface area contributed by atoms with Gasteiger partial charge in [-0.3, -0.25) is 9.59 Å². The van der Waals surface area contributed by atoms with Crippen molar-refractivity contribution in [1.29, 1.82) is 0 Å². The van der Waals surface area contributed by atoms with Crippen LogP contribution in [-0.2, 0) is 26.7 Å². The summed E-state index contributed by atoms with van der Waals surface area (Å²) in [5, 5.41) is 2.79. The average molecular weight is 600 g/mol. The van der Waals surface area contributed by atoms with E-state index < -0.39 is 57.1 Å². The van der Waals surface area contributed by atoms with E-state index >= 15 is 4.39 Å². The first-order chi connectivity index (χ1) is 19.1. The summed E-state index contributed by atoms with van der Waals surface area (Å²) in [5.74, 6) is -2.31. The minimum absolute atomic E-state index is 0.0395. The van der Waals surface area contributed by atoms with E-state index in [1.807, 2.05) is 6.92 Å². The number of amides is 2. The normalized spacial score (nSPS) is 23.6. The minimum Gasteiger partial charge on any atom is -0.347 e. The summed E-state index contributed by atoms with van der Waals surface area (Å²) in [5.41, 5.74) is -2.82. The lowest BCUT2D eigenvalue weighted by Crippen LogP contribution is -2.58. The van der Waals surface area contributed by atoms with Crippen molar-refractivity contribution in [2.45, 2.75) is 50.1 Å². The Labute approximate surface area is 234 Å². The van der Waals surface area contributed by atoms with Gasteiger partial charge in [0.1, 0.15) is 11.9 Å². The molecule has 2 aliphatic heterocycles. The predicted octanol–water partition coefficient (Wildman–Crippen LogP) is 4.40. The summed E-state index contributed by atoms with van der Waals surface area (Å²) in [6.07, 6.45) is -2.05. The molecule has 0 aromatic heterocycles. The topological polar surface area (TPSA) is 86.8 Å². The molecule has 2 heterocycles. The maximum atomic E-state index is 15.4. The first kappa shape index (κ1) is 29.4. The molecule has 1 aliphatic carbocycles. The van der Waals surface area contributed by atoms with E-state index in [0.717, 1.165) is 22.7 Å². The van der Waals surface area contributed by atoms with E-state index in [0.29, 0.717) is 25.3 Å². The molecule has 0 radical (unpaired) electrons. The van der Waals surface area contributed by atoms with Crippen molar-refractivity contribution >= 4 is 21.8 Å². The molecule has 1 saturated carbocycles. The molecule has 222 valence electrons. The van der Waals surface area contributed by atoms with Gasteiger partial charge in [0.2, 0.25) is 15.9 Å². The SMILES string of the molecule is C[C@@H]1C[C@H](C(=O)N[C@@H](c2ccc(C(F)(F)F)cc2F)C2CC2)N(C(=O)c2cccc(C3(F)CN(S(C)(=O)=O)C3)c2)C1. The number of hydrogen-bond donors (Lipinski definition) is 1. The van der Waals surface area contributed by atoms with Crippen LogP contribution in [0.1, 0.15) is 59.3 Å². The van der Waals surface area contributed by atoms with E-state index in [9.17, 15) is 35.6 Å². The van der Waals surface area contributed by atoms with Gasteiger partial charge in [-0.05, 0) is 60.9 Å². The number of carbonyl (C=O) groups is 2. The zero-order valence-electron chi connectivity index (χ0n) is 22.4. The summed E-state index contributed by atoms with van der Waals surface area (Å²) in [6, 6.07) is 6.33. The number of nitrogens with zero attached hydrogens (tertiary/aromatic N) is 2. The Morgan fingerprint density at radius 3 is 2.37 bits per heavy atom. The monoisotopic (exact) mass is 599 g/mol. The van der Waals surface area contributed by atoms with Gasteiger partial charge in [-0.25, -0.2) is 17.2 Å². The van der Waals surface area contributed by atoms with Crippen molar-refractivity contribution in [2.75, 3.05) is 25.9 Å². The molecular weight excluding hydrogens is 569 g/mol. The van der Waals surface area contributed by atoms with Crippen LogP contribution >= 0.6 is 0 Å². The van der Waals surface area contributed by atoms with Crippen LogP contribution in [0, 0.1) is 17.7 Å². The maximum absolute atomic E-state index is 15.4. The van der Waals surface area contributed by atoms with Crippen molar-refractivity contribution in [3.63, 3.8) is 0 Å². The van der Waals surface area contributed by atoms with Crippen molar-refractivity contribution in [3.8, 4) is 0 Å². The van der Waals surface area contributed by atoms with Gasteiger partial charge in [0.05, 0.1) is 31.0 Å². The fraction of sp³-hybridized carbons (Fsp3) is 0.500. The van der Waals surface area contributed by atoms with E-state index in [4.69, 9.17) is 0 Å². The van der Waals surface area contributed by atoms with Crippen LogP contribution in [0.25, 0.3) is 0 Å². The Morgan fingerprint density at radius 2 is 1.78 bits per heavy atom. The number of nitrogens with one attached hydrogen (secondary N) is 1. The molecular formula is C28H30F5N3O4S. The molecule has 1 N–H and O–H groups in total. The highest BCUT2D eigenvalue weighted by atomic mass is 32.2. The van der Waals surface area contributed by atoms with E-state index in [1.54, 1.807) is 0 Å². The number of carbonyl (C=O) groups excluding carboxylic acids is 2. The van der Waals surface area contributed by atoms with E-state index in [2.05, 4.69) is 5.32 Å². The van der Waals surface area contributed by atoms with Gasteiger partial charge >= 0.3 is 6.18 Å². The summed E-state index contributed by atoms with van der Waals surface area (Å²) < 4.78 is 93.7. The Morgan fingerprint density at radius 1 is 1.10 bits per heavy atom. The summed E-state index contributed by atoms with van der Waals surface area (Å²) in [6.45, 7) is 1.38. The third-order valence-electron chi connectivity index (χ3n) is 8.08. The van der Waals surface area contributed by atoms with Gasteiger partial charge in [0.25, 0.3) is 5.91 Å². The second kappa shape index (κ2) is 10.3. The van der Waals surface area contributed by atoms with Crippen LogP contribution in [0.4, 0.5) is 22.0 Å². The second-order valence-corrected chi connectivity index (χ2v) is 13.4. The molecule has 3 aliphatic rings. The number of alkyl halides is 4. The molecule has 2 saturated heterocycles. The lowest BCUT2D eigenvalue weighted by atomic mass is 9.89. The van der Waals surface area contributed by atoms with Crippen LogP contribution < -0.4 is 5.32 Å². The summed E-state index contributed by atoms with van der Waals surface area (Å²) >= 11 is 0. The lowest BCUT2D eigenvalue weighted by molar-refractivity contribution is -0.137. The Hall–Kier alpha value is -3.06. The number of benzene rings is 2. The molecule has 0 unspecified atom stereocenters. The van der Waals surface area contributed by atoms with E-state index in [-0.39, 0.29) is 48.2 Å². The predicted molar refractivity (Wildman–Crippen MR) is 139 cm³/mol. The van der Waals surface area contributed by atoms with Crippen molar-refractivity contribution in [1.82, 2.24) is 14.5 Å². The smallest absolute Gasteiger partial charge is 0.347 e. The number of likely N-dealkylation sites (tertiary alicyclic amines) is 1. The number of halogens is 5. The standard InChI is InChI=1S/C28H30F5N3O4S/c1-16-10-23(25(37)34-24(17-6-7-17)21-9-8-20(12-22(21)29)28(31,32)33)36(13-16)26(38)18-4-3-5-19(11-18)27(30)14-35(15-27)41(2,39)40/h3-5,8-9,11-12,16-17,23-24H,6-7,10,13-15H2,1-2H3,(H,34,37)/t16-,23-,24-/m1/s1.